The number of nitrogens with one attached hydrogen (secondary N) is 1. The number of ether oxygens (including phenoxy) is 1. The van der Waals surface area contributed by atoms with E-state index in [-0.39, 0.29) is 60.2 Å². The largest absolute Gasteiger partial charge is 0.476 e. The molecule has 230 valence electrons. The Morgan fingerprint density at radius 3 is 2.50 bits per heavy atom. The molecule has 0 unspecified atom stereocenters. The van der Waals surface area contributed by atoms with Crippen molar-refractivity contribution >= 4 is 35.2 Å². The average Bonchev–Trinajstić information content (AvgIpc) is 3.22. The Hall–Kier alpha value is -3.27. The van der Waals surface area contributed by atoms with Gasteiger partial charge < -0.3 is 9.64 Å². The normalized spacial score (nSPS) is 19.3. The van der Waals surface area contributed by atoms with E-state index in [9.17, 15) is 26.4 Å². The first-order valence-corrected chi connectivity index (χ1v) is 14.8. The summed E-state index contributed by atoms with van der Waals surface area (Å²) in [5, 5.41) is 8.20. The summed E-state index contributed by atoms with van der Waals surface area (Å²) in [7, 11) is -4.20. The number of pyridine rings is 1. The molecule has 3 aromatic rings. The summed E-state index contributed by atoms with van der Waals surface area (Å²) in [6, 6.07) is 4.39. The molecular formula is C26H34F3N7O4S2. The van der Waals surface area contributed by atoms with Crippen LogP contribution in [0.2, 0.25) is 0 Å². The van der Waals surface area contributed by atoms with Crippen molar-refractivity contribution in [2.24, 2.45) is 11.3 Å². The maximum absolute atomic E-state index is 13.4. The van der Waals surface area contributed by atoms with Crippen LogP contribution in [0.4, 0.5) is 19.0 Å². The van der Waals surface area contributed by atoms with Crippen LogP contribution in [0, 0.1) is 11.3 Å². The summed E-state index contributed by atoms with van der Waals surface area (Å²) in [6.45, 7) is 8.42. The molecule has 0 bridgehead atoms. The Kier molecular flexibility index (Phi) is 8.36. The van der Waals surface area contributed by atoms with E-state index in [0.29, 0.717) is 13.1 Å². The van der Waals surface area contributed by atoms with Crippen LogP contribution in [0.5, 0.6) is 5.88 Å². The molecule has 5 rings (SSSR count). The highest BCUT2D eigenvalue weighted by Crippen LogP contribution is 2.57. The lowest BCUT2D eigenvalue weighted by atomic mass is 9.97. The molecule has 16 heteroatoms. The number of alkyl halides is 3. The van der Waals surface area contributed by atoms with Gasteiger partial charge >= 0.3 is 6.18 Å². The van der Waals surface area contributed by atoms with Gasteiger partial charge in [0.15, 0.2) is 5.82 Å². The molecule has 1 atom stereocenters. The summed E-state index contributed by atoms with van der Waals surface area (Å²) in [4.78, 5) is 19.9. The monoisotopic (exact) mass is 629 g/mol. The van der Waals surface area contributed by atoms with Gasteiger partial charge in [0, 0.05) is 37.1 Å². The Labute approximate surface area is 248 Å². The highest BCUT2D eigenvalue weighted by Gasteiger charge is 2.64. The van der Waals surface area contributed by atoms with Gasteiger partial charge in [0.25, 0.3) is 15.9 Å². The van der Waals surface area contributed by atoms with Crippen LogP contribution in [0.25, 0.3) is 5.82 Å². The van der Waals surface area contributed by atoms with Gasteiger partial charge in [0.1, 0.15) is 22.7 Å². The van der Waals surface area contributed by atoms with Crippen molar-refractivity contribution in [3.63, 3.8) is 0 Å². The fourth-order valence-electron chi connectivity index (χ4n) is 5.19. The van der Waals surface area contributed by atoms with Crippen molar-refractivity contribution in [2.75, 3.05) is 18.1 Å². The number of aromatic nitrogens is 5. The second kappa shape index (κ2) is 11.1. The Bertz CT molecular complexity index is 1570. The average molecular weight is 630 g/mol. The van der Waals surface area contributed by atoms with Crippen LogP contribution in [0.3, 0.4) is 0 Å². The number of sulfonamides is 1. The standard InChI is InChI=1S/C26H32F3N7O4S.H2S/c1-5-34-15-18(13-30-34)41(38,39)33-23(37)19-6-7-20(31-22(19)35-14-17(2)12-24(35,3)4)36-11-8-21(32-36)40-16-25(9-10-25)26(27,28)29;/h6-8,11,13,15,17H,5,9-10,12,14,16H2,1-4H3,(H,33,37);1H2/t17-;/m0./s1. The number of hydrogen-bond donors (Lipinski definition) is 1. The second-order valence-electron chi connectivity index (χ2n) is 11.4. The molecule has 3 aromatic heterocycles. The van der Waals surface area contributed by atoms with E-state index in [4.69, 9.17) is 4.74 Å². The molecule has 0 radical (unpaired) electrons. The van der Waals surface area contributed by atoms with Crippen molar-refractivity contribution in [2.45, 2.75) is 70.1 Å². The first kappa shape index (κ1) is 31.7. The molecule has 1 amide bonds. The van der Waals surface area contributed by atoms with Gasteiger partial charge in [-0.3, -0.25) is 9.48 Å². The smallest absolute Gasteiger partial charge is 0.397 e. The third-order valence-electron chi connectivity index (χ3n) is 7.66. The van der Waals surface area contributed by atoms with Gasteiger partial charge in [0.2, 0.25) is 5.88 Å². The highest BCUT2D eigenvalue weighted by atomic mass is 32.2. The lowest BCUT2D eigenvalue weighted by Crippen LogP contribution is -2.41. The van der Waals surface area contributed by atoms with Gasteiger partial charge in [-0.25, -0.2) is 22.8 Å². The zero-order valence-corrected chi connectivity index (χ0v) is 25.5. The quantitative estimate of drug-likeness (QED) is 0.376. The lowest BCUT2D eigenvalue weighted by Gasteiger charge is -2.34. The number of hydrogen-bond acceptors (Lipinski definition) is 8. The highest BCUT2D eigenvalue weighted by molar-refractivity contribution is 7.90. The molecule has 1 saturated heterocycles. The molecule has 1 N–H and O–H groups in total. The van der Waals surface area contributed by atoms with Gasteiger partial charge in [-0.05, 0) is 58.1 Å². The maximum atomic E-state index is 13.4. The molecule has 11 nitrogen and oxygen atoms in total. The molecule has 1 aliphatic heterocycles. The Balaban J connectivity index is 0.00000405. The number of aryl methyl sites for hydroxylation is 1. The number of nitrogens with zero attached hydrogens (tertiary/aromatic N) is 6. The molecule has 42 heavy (non-hydrogen) atoms. The van der Waals surface area contributed by atoms with Crippen LogP contribution in [0.15, 0.2) is 41.7 Å². The number of amides is 1. The number of carbonyl (C=O) groups excluding carboxylic acids is 1. The van der Waals surface area contributed by atoms with E-state index in [2.05, 4.69) is 26.8 Å². The SMILES string of the molecule is CCn1cc(S(=O)(=O)NC(=O)c2ccc(-n3ccc(OCC4(C(F)(F)F)CC4)n3)nc2N2C[C@@H](C)CC2(C)C)cn1.S. The minimum atomic E-state index is -4.34. The zero-order valence-electron chi connectivity index (χ0n) is 23.6. The summed E-state index contributed by atoms with van der Waals surface area (Å²) >= 11 is 0. The summed E-state index contributed by atoms with van der Waals surface area (Å²) in [6.07, 6.45) is 0.520. The Morgan fingerprint density at radius 2 is 1.93 bits per heavy atom. The molecule has 4 heterocycles. The number of carbonyl (C=O) groups is 1. The van der Waals surface area contributed by atoms with Gasteiger partial charge in [-0.2, -0.15) is 31.8 Å². The number of halogens is 3. The van der Waals surface area contributed by atoms with E-state index in [0.717, 1.165) is 6.42 Å². The number of rotatable bonds is 9. The number of anilines is 1. The molecule has 0 spiro atoms. The lowest BCUT2D eigenvalue weighted by molar-refractivity contribution is -0.194. The van der Waals surface area contributed by atoms with Gasteiger partial charge in [0.05, 0.1) is 11.8 Å². The fraction of sp³-hybridized carbons (Fsp3) is 0.538. The van der Waals surface area contributed by atoms with Crippen molar-refractivity contribution in [1.82, 2.24) is 29.3 Å². The molecular weight excluding hydrogens is 595 g/mol. The molecule has 2 fully saturated rings. The minimum Gasteiger partial charge on any atom is -0.476 e. The third-order valence-corrected chi connectivity index (χ3v) is 8.94. The Morgan fingerprint density at radius 1 is 1.21 bits per heavy atom. The van der Waals surface area contributed by atoms with Crippen LogP contribution >= 0.6 is 13.5 Å². The molecule has 2 aliphatic rings. The van der Waals surface area contributed by atoms with Crippen molar-refractivity contribution in [1.29, 1.82) is 0 Å². The topological polar surface area (TPSA) is 124 Å². The summed E-state index contributed by atoms with van der Waals surface area (Å²) in [5.41, 5.74) is -2.17. The zero-order chi connectivity index (χ0) is 29.8. The van der Waals surface area contributed by atoms with E-state index in [1.54, 1.807) is 6.92 Å². The first-order valence-electron chi connectivity index (χ1n) is 13.3. The third kappa shape index (κ3) is 6.09. The summed E-state index contributed by atoms with van der Waals surface area (Å²) in [5.74, 6) is -0.0146. The molecule has 0 aromatic carbocycles. The second-order valence-corrected chi connectivity index (χ2v) is 13.1. The van der Waals surface area contributed by atoms with Crippen LogP contribution < -0.4 is 14.4 Å². The maximum Gasteiger partial charge on any atom is 0.397 e. The van der Waals surface area contributed by atoms with Gasteiger partial charge in [-0.1, -0.05) is 6.92 Å². The van der Waals surface area contributed by atoms with Gasteiger partial charge in [-0.15, -0.1) is 5.10 Å². The van der Waals surface area contributed by atoms with Crippen LogP contribution in [0.1, 0.15) is 57.3 Å². The summed E-state index contributed by atoms with van der Waals surface area (Å²) < 4.78 is 76.0. The molecule has 1 saturated carbocycles. The van der Waals surface area contributed by atoms with E-state index >= 15 is 0 Å². The van der Waals surface area contributed by atoms with Crippen molar-refractivity contribution < 1.29 is 31.1 Å². The van der Waals surface area contributed by atoms with Crippen molar-refractivity contribution in [3.05, 3.63) is 42.4 Å². The first-order chi connectivity index (χ1) is 19.1. The fourth-order valence-corrected chi connectivity index (χ4v) is 6.10. The van der Waals surface area contributed by atoms with E-state index in [1.165, 1.54) is 46.2 Å². The van der Waals surface area contributed by atoms with E-state index < -0.39 is 39.7 Å². The van der Waals surface area contributed by atoms with E-state index in [1.807, 2.05) is 18.7 Å². The minimum absolute atomic E-state index is 0. The molecule has 1 aliphatic carbocycles. The predicted octanol–water partition coefficient (Wildman–Crippen LogP) is 4.06. The van der Waals surface area contributed by atoms with Crippen molar-refractivity contribution in [3.8, 4) is 11.7 Å². The van der Waals surface area contributed by atoms with Crippen LogP contribution in [-0.2, 0) is 16.6 Å². The predicted molar refractivity (Wildman–Crippen MR) is 153 cm³/mol. The van der Waals surface area contributed by atoms with Crippen LogP contribution in [-0.4, -0.2) is 63.7 Å².